The molecule has 2 rings (SSSR count). The van der Waals surface area contributed by atoms with Crippen LogP contribution in [0.15, 0.2) is 6.07 Å². The van der Waals surface area contributed by atoms with Crippen LogP contribution in [-0.2, 0) is 11.8 Å². The lowest BCUT2D eigenvalue weighted by molar-refractivity contribution is 0.125. The number of hydrogen-bond acceptors (Lipinski definition) is 3. The van der Waals surface area contributed by atoms with Crippen LogP contribution in [0.5, 0.6) is 0 Å². The predicted molar refractivity (Wildman–Crippen MR) is 68.2 cm³/mol. The van der Waals surface area contributed by atoms with E-state index in [1.54, 1.807) is 4.68 Å². The molecule has 2 heterocycles. The van der Waals surface area contributed by atoms with Crippen LogP contribution in [0.25, 0.3) is 0 Å². The summed E-state index contributed by atoms with van der Waals surface area (Å²) in [7, 11) is 1.88. The van der Waals surface area contributed by atoms with E-state index >= 15 is 0 Å². The fourth-order valence-corrected chi connectivity index (χ4v) is 2.56. The van der Waals surface area contributed by atoms with Crippen molar-refractivity contribution >= 4 is 6.09 Å². The number of aryl methyl sites for hydroxylation is 2. The lowest BCUT2D eigenvalue weighted by Crippen LogP contribution is -2.39. The summed E-state index contributed by atoms with van der Waals surface area (Å²) in [5.41, 5.74) is 1.90. The largest absolute Gasteiger partial charge is 0.437 e. The van der Waals surface area contributed by atoms with E-state index in [0.717, 1.165) is 17.8 Å². The fourth-order valence-electron chi connectivity index (χ4n) is 2.56. The average molecular weight is 251 g/mol. The SMILES string of the molecule is CCC(C)N1C(=O)O[C@H](c2cc(C)nn2C)[C@@H]1C. The Labute approximate surface area is 108 Å². The van der Waals surface area contributed by atoms with Crippen LogP contribution >= 0.6 is 0 Å². The molecule has 5 nitrogen and oxygen atoms in total. The first-order chi connectivity index (χ1) is 8.45. The van der Waals surface area contributed by atoms with Gasteiger partial charge in [-0.05, 0) is 33.3 Å². The highest BCUT2D eigenvalue weighted by atomic mass is 16.6. The molecule has 0 N–H and O–H groups in total. The number of carbonyl (C=O) groups excluding carboxylic acids is 1. The molecule has 1 aromatic rings. The van der Waals surface area contributed by atoms with Crippen LogP contribution in [0.1, 0.15) is 44.7 Å². The standard InChI is InChI=1S/C13H21N3O2/c1-6-9(3)16-10(4)12(18-13(16)17)11-7-8(2)14-15(11)5/h7,9-10,12H,6H2,1-5H3/t9?,10-,12-/m0/s1. The number of cyclic esters (lactones) is 1. The summed E-state index contributed by atoms with van der Waals surface area (Å²) < 4.78 is 7.31. The molecule has 0 bridgehead atoms. The lowest BCUT2D eigenvalue weighted by atomic mass is 10.1. The van der Waals surface area contributed by atoms with E-state index in [1.165, 1.54) is 0 Å². The summed E-state index contributed by atoms with van der Waals surface area (Å²) in [6.07, 6.45) is 0.481. The second-order valence-corrected chi connectivity index (χ2v) is 5.04. The Hall–Kier alpha value is -1.52. The van der Waals surface area contributed by atoms with Crippen molar-refractivity contribution in [2.75, 3.05) is 0 Å². The van der Waals surface area contributed by atoms with Gasteiger partial charge in [0.2, 0.25) is 0 Å². The van der Waals surface area contributed by atoms with Gasteiger partial charge in [0.15, 0.2) is 6.10 Å². The summed E-state index contributed by atoms with van der Waals surface area (Å²) in [5, 5.41) is 4.31. The molecule has 0 saturated carbocycles. The summed E-state index contributed by atoms with van der Waals surface area (Å²) in [6, 6.07) is 2.23. The van der Waals surface area contributed by atoms with E-state index in [0.29, 0.717) is 0 Å². The van der Waals surface area contributed by atoms with Crippen LogP contribution in [0.3, 0.4) is 0 Å². The van der Waals surface area contributed by atoms with E-state index in [9.17, 15) is 4.79 Å². The molecular weight excluding hydrogens is 230 g/mol. The molecule has 1 fully saturated rings. The molecule has 1 aliphatic rings. The first-order valence-corrected chi connectivity index (χ1v) is 6.45. The van der Waals surface area contributed by atoms with E-state index in [-0.39, 0.29) is 24.3 Å². The van der Waals surface area contributed by atoms with Crippen molar-refractivity contribution in [1.29, 1.82) is 0 Å². The van der Waals surface area contributed by atoms with Gasteiger partial charge in [-0.25, -0.2) is 4.79 Å². The molecule has 1 saturated heterocycles. The third kappa shape index (κ3) is 1.98. The highest BCUT2D eigenvalue weighted by Crippen LogP contribution is 2.34. The van der Waals surface area contributed by atoms with Crippen LogP contribution < -0.4 is 0 Å². The number of aromatic nitrogens is 2. The molecule has 3 atom stereocenters. The minimum Gasteiger partial charge on any atom is -0.437 e. The summed E-state index contributed by atoms with van der Waals surface area (Å²) >= 11 is 0. The first kappa shape index (κ1) is 12.9. The van der Waals surface area contributed by atoms with Crippen molar-refractivity contribution in [2.45, 2.75) is 52.3 Å². The second kappa shape index (κ2) is 4.63. The minimum atomic E-state index is -0.224. The molecular formula is C13H21N3O2. The minimum absolute atomic E-state index is 0.0437. The van der Waals surface area contributed by atoms with Crippen LogP contribution in [0, 0.1) is 6.92 Å². The monoisotopic (exact) mass is 251 g/mol. The van der Waals surface area contributed by atoms with Crippen molar-refractivity contribution in [3.63, 3.8) is 0 Å². The number of rotatable bonds is 3. The molecule has 0 spiro atoms. The summed E-state index contributed by atoms with van der Waals surface area (Å²) in [5.74, 6) is 0. The van der Waals surface area contributed by atoms with Crippen LogP contribution in [0.4, 0.5) is 4.79 Å². The third-order valence-electron chi connectivity index (χ3n) is 3.71. The normalized spacial score (nSPS) is 25.4. The zero-order valence-corrected chi connectivity index (χ0v) is 11.7. The second-order valence-electron chi connectivity index (χ2n) is 5.04. The maximum atomic E-state index is 12.0. The van der Waals surface area contributed by atoms with Crippen molar-refractivity contribution in [3.05, 3.63) is 17.5 Å². The van der Waals surface area contributed by atoms with Gasteiger partial charge >= 0.3 is 6.09 Å². The molecule has 1 amide bonds. The highest BCUT2D eigenvalue weighted by molar-refractivity contribution is 5.71. The van der Waals surface area contributed by atoms with E-state index in [4.69, 9.17) is 4.74 Å². The van der Waals surface area contributed by atoms with Gasteiger partial charge in [0.05, 0.1) is 17.4 Å². The van der Waals surface area contributed by atoms with Gasteiger partial charge in [0, 0.05) is 13.1 Å². The van der Waals surface area contributed by atoms with Gasteiger partial charge in [0.25, 0.3) is 0 Å². The summed E-state index contributed by atoms with van der Waals surface area (Å²) in [6.45, 7) is 8.10. The van der Waals surface area contributed by atoms with Gasteiger partial charge in [0.1, 0.15) is 0 Å². The number of amides is 1. The van der Waals surface area contributed by atoms with Crippen LogP contribution in [-0.4, -0.2) is 32.9 Å². The predicted octanol–water partition coefficient (Wildman–Crippen LogP) is 2.41. The molecule has 18 heavy (non-hydrogen) atoms. The Balaban J connectivity index is 2.27. The van der Waals surface area contributed by atoms with Gasteiger partial charge < -0.3 is 4.74 Å². The Morgan fingerprint density at radius 2 is 2.22 bits per heavy atom. The van der Waals surface area contributed by atoms with E-state index in [2.05, 4.69) is 18.9 Å². The van der Waals surface area contributed by atoms with Crippen molar-refractivity contribution in [3.8, 4) is 0 Å². The molecule has 1 unspecified atom stereocenters. The number of nitrogens with zero attached hydrogens (tertiary/aromatic N) is 3. The topological polar surface area (TPSA) is 47.4 Å². The third-order valence-corrected chi connectivity index (χ3v) is 3.71. The zero-order valence-electron chi connectivity index (χ0n) is 11.7. The smallest absolute Gasteiger partial charge is 0.411 e. The molecule has 0 aliphatic carbocycles. The summed E-state index contributed by atoms with van der Waals surface area (Å²) in [4.78, 5) is 13.8. The number of hydrogen-bond donors (Lipinski definition) is 0. The van der Waals surface area contributed by atoms with Crippen molar-refractivity contribution in [1.82, 2.24) is 14.7 Å². The number of carbonyl (C=O) groups is 1. The Bertz CT molecular complexity index is 455. The maximum Gasteiger partial charge on any atom is 0.411 e. The fraction of sp³-hybridized carbons (Fsp3) is 0.692. The average Bonchev–Trinajstić information content (AvgIpc) is 2.78. The van der Waals surface area contributed by atoms with Gasteiger partial charge in [-0.1, -0.05) is 6.92 Å². The van der Waals surface area contributed by atoms with Crippen LogP contribution in [0.2, 0.25) is 0 Å². The van der Waals surface area contributed by atoms with Crippen molar-refractivity contribution < 1.29 is 9.53 Å². The lowest BCUT2D eigenvalue weighted by Gasteiger charge is -2.26. The zero-order chi connectivity index (χ0) is 13.4. The van der Waals surface area contributed by atoms with E-state index < -0.39 is 0 Å². The molecule has 1 aliphatic heterocycles. The molecule has 0 radical (unpaired) electrons. The van der Waals surface area contributed by atoms with Gasteiger partial charge in [-0.15, -0.1) is 0 Å². The number of ether oxygens (including phenoxy) is 1. The quantitative estimate of drug-likeness (QED) is 0.828. The maximum absolute atomic E-state index is 12.0. The molecule has 1 aromatic heterocycles. The molecule has 100 valence electrons. The first-order valence-electron chi connectivity index (χ1n) is 6.45. The van der Waals surface area contributed by atoms with Gasteiger partial charge in [-0.3, -0.25) is 9.58 Å². The Morgan fingerprint density at radius 3 is 2.72 bits per heavy atom. The van der Waals surface area contributed by atoms with Crippen molar-refractivity contribution in [2.24, 2.45) is 7.05 Å². The molecule has 5 heteroatoms. The van der Waals surface area contributed by atoms with Gasteiger partial charge in [-0.2, -0.15) is 5.10 Å². The Morgan fingerprint density at radius 1 is 1.56 bits per heavy atom. The highest BCUT2D eigenvalue weighted by Gasteiger charge is 2.42. The molecule has 0 aromatic carbocycles. The van der Waals surface area contributed by atoms with E-state index in [1.807, 2.05) is 31.9 Å². The Kier molecular flexibility index (Phi) is 3.32.